The smallest absolute Gasteiger partial charge is 0.275 e. The van der Waals surface area contributed by atoms with Gasteiger partial charge in [-0.25, -0.2) is 0 Å². The maximum absolute atomic E-state index is 12.8. The Balaban J connectivity index is 2.28. The van der Waals surface area contributed by atoms with Crippen LogP contribution >= 0.6 is 0 Å². The fourth-order valence-corrected chi connectivity index (χ4v) is 2.46. The summed E-state index contributed by atoms with van der Waals surface area (Å²) >= 11 is 0. The molecule has 1 aromatic heterocycles. The maximum atomic E-state index is 12.8. The molecule has 0 aliphatic carbocycles. The average Bonchev–Trinajstić information content (AvgIpc) is 2.85. The number of hydrogen-bond acceptors (Lipinski definition) is 3. The van der Waals surface area contributed by atoms with Gasteiger partial charge in [-0.05, 0) is 38.5 Å². The Bertz CT molecular complexity index is 618. The topological polar surface area (TPSA) is 75.0 Å². The van der Waals surface area contributed by atoms with E-state index in [0.29, 0.717) is 11.4 Å². The first-order chi connectivity index (χ1) is 10.0. The number of aromatic nitrogens is 2. The molecule has 5 heteroatoms. The Morgan fingerprint density at radius 3 is 2.81 bits per heavy atom. The van der Waals surface area contributed by atoms with Gasteiger partial charge in [0.15, 0.2) is 5.69 Å². The molecule has 0 atom stereocenters. The lowest BCUT2D eigenvalue weighted by Gasteiger charge is -2.26. The molecule has 1 amide bonds. The van der Waals surface area contributed by atoms with Gasteiger partial charge in [-0.15, -0.1) is 0 Å². The Morgan fingerprint density at radius 1 is 1.38 bits per heavy atom. The Kier molecular flexibility index (Phi) is 4.83. The molecule has 0 aliphatic heterocycles. The van der Waals surface area contributed by atoms with E-state index in [0.717, 1.165) is 36.7 Å². The molecule has 5 nitrogen and oxygen atoms in total. The van der Waals surface area contributed by atoms with Gasteiger partial charge in [0.2, 0.25) is 0 Å². The van der Waals surface area contributed by atoms with E-state index in [1.165, 1.54) is 0 Å². The second-order valence-electron chi connectivity index (χ2n) is 5.68. The monoisotopic (exact) mass is 288 g/mol. The summed E-state index contributed by atoms with van der Waals surface area (Å²) in [6, 6.07) is 5.61. The zero-order chi connectivity index (χ0) is 15.4. The van der Waals surface area contributed by atoms with Crippen molar-refractivity contribution in [1.29, 1.82) is 0 Å². The number of nitrogens with zero attached hydrogens (tertiary/aromatic N) is 2. The zero-order valence-corrected chi connectivity index (χ0v) is 13.0. The van der Waals surface area contributed by atoms with Gasteiger partial charge < -0.3 is 10.6 Å². The number of unbranched alkanes of at least 4 members (excludes halogenated alkanes) is 2. The molecule has 1 aromatic carbocycles. The summed E-state index contributed by atoms with van der Waals surface area (Å²) < 4.78 is 0. The predicted octanol–water partition coefficient (Wildman–Crippen LogP) is 3.19. The van der Waals surface area contributed by atoms with E-state index < -0.39 is 0 Å². The number of benzene rings is 1. The van der Waals surface area contributed by atoms with Gasteiger partial charge in [0.1, 0.15) is 0 Å². The van der Waals surface area contributed by atoms with Crippen LogP contribution in [-0.2, 0) is 0 Å². The van der Waals surface area contributed by atoms with E-state index in [-0.39, 0.29) is 11.9 Å². The van der Waals surface area contributed by atoms with Crippen molar-refractivity contribution >= 4 is 22.5 Å². The number of anilines is 1. The summed E-state index contributed by atoms with van der Waals surface area (Å²) in [5.74, 6) is -0.0297. The van der Waals surface area contributed by atoms with Gasteiger partial charge in [-0.3, -0.25) is 9.89 Å². The number of nitrogens with two attached hydrogens (primary N) is 1. The van der Waals surface area contributed by atoms with E-state index in [1.807, 2.05) is 24.8 Å². The number of nitrogen functional groups attached to an aromatic ring is 1. The predicted molar refractivity (Wildman–Crippen MR) is 86.2 cm³/mol. The van der Waals surface area contributed by atoms with Gasteiger partial charge in [0.25, 0.3) is 5.91 Å². The lowest BCUT2D eigenvalue weighted by atomic mass is 10.1. The minimum absolute atomic E-state index is 0.0297. The number of rotatable bonds is 6. The van der Waals surface area contributed by atoms with Crippen molar-refractivity contribution in [3.05, 3.63) is 23.9 Å². The standard InChI is InChI=1S/C16H24N4O/c1-4-5-6-9-20(11(2)3)16(21)15-13-10-12(17)7-8-14(13)18-19-15/h7-8,10-11H,4-6,9,17H2,1-3H3,(H,18,19). The third-order valence-electron chi connectivity index (χ3n) is 3.68. The second-order valence-corrected chi connectivity index (χ2v) is 5.68. The van der Waals surface area contributed by atoms with Crippen LogP contribution in [0.2, 0.25) is 0 Å². The van der Waals surface area contributed by atoms with Crippen molar-refractivity contribution in [3.63, 3.8) is 0 Å². The number of hydrogen-bond donors (Lipinski definition) is 2. The first kappa shape index (κ1) is 15.4. The van der Waals surface area contributed by atoms with Crippen LogP contribution in [0.25, 0.3) is 10.9 Å². The molecule has 0 bridgehead atoms. The molecule has 3 N–H and O–H groups in total. The molecule has 1 heterocycles. The van der Waals surface area contributed by atoms with Gasteiger partial charge >= 0.3 is 0 Å². The number of carbonyl (C=O) groups is 1. The summed E-state index contributed by atoms with van der Waals surface area (Å²) in [5.41, 5.74) is 7.76. The zero-order valence-electron chi connectivity index (χ0n) is 13.0. The minimum atomic E-state index is -0.0297. The second kappa shape index (κ2) is 6.61. The summed E-state index contributed by atoms with van der Waals surface area (Å²) in [5, 5.41) is 7.89. The van der Waals surface area contributed by atoms with Crippen LogP contribution in [0.4, 0.5) is 5.69 Å². The van der Waals surface area contributed by atoms with Gasteiger partial charge in [-0.2, -0.15) is 5.10 Å². The number of amides is 1. The Labute approximate surface area is 125 Å². The van der Waals surface area contributed by atoms with Crippen molar-refractivity contribution in [2.24, 2.45) is 0 Å². The van der Waals surface area contributed by atoms with Crippen LogP contribution in [0.15, 0.2) is 18.2 Å². The third-order valence-corrected chi connectivity index (χ3v) is 3.68. The van der Waals surface area contributed by atoms with Crippen LogP contribution in [-0.4, -0.2) is 33.6 Å². The molecular weight excluding hydrogens is 264 g/mol. The number of carbonyl (C=O) groups excluding carboxylic acids is 1. The lowest BCUT2D eigenvalue weighted by Crippen LogP contribution is -2.38. The first-order valence-corrected chi connectivity index (χ1v) is 7.59. The molecule has 0 saturated carbocycles. The van der Waals surface area contributed by atoms with Crippen molar-refractivity contribution < 1.29 is 4.79 Å². The van der Waals surface area contributed by atoms with Crippen LogP contribution in [0.3, 0.4) is 0 Å². The fourth-order valence-electron chi connectivity index (χ4n) is 2.46. The van der Waals surface area contributed by atoms with E-state index in [1.54, 1.807) is 12.1 Å². The van der Waals surface area contributed by atoms with E-state index in [9.17, 15) is 4.79 Å². The van der Waals surface area contributed by atoms with Gasteiger partial charge in [-0.1, -0.05) is 19.8 Å². The highest BCUT2D eigenvalue weighted by Gasteiger charge is 2.22. The molecule has 114 valence electrons. The summed E-state index contributed by atoms with van der Waals surface area (Å²) in [4.78, 5) is 14.7. The molecule has 2 aromatic rings. The largest absolute Gasteiger partial charge is 0.399 e. The number of aromatic amines is 1. The molecule has 0 unspecified atom stereocenters. The Morgan fingerprint density at radius 2 is 2.14 bits per heavy atom. The van der Waals surface area contributed by atoms with Crippen molar-refractivity contribution in [2.45, 2.75) is 46.1 Å². The molecule has 21 heavy (non-hydrogen) atoms. The number of nitrogens with one attached hydrogen (secondary N) is 1. The summed E-state index contributed by atoms with van der Waals surface area (Å²) in [7, 11) is 0. The fraction of sp³-hybridized carbons (Fsp3) is 0.500. The molecular formula is C16H24N4O. The summed E-state index contributed by atoms with van der Waals surface area (Å²) in [6.45, 7) is 6.99. The third kappa shape index (κ3) is 3.35. The number of H-pyrrole nitrogens is 1. The van der Waals surface area contributed by atoms with E-state index in [2.05, 4.69) is 17.1 Å². The SMILES string of the molecule is CCCCCN(C(=O)c1n[nH]c2ccc(N)cc12)C(C)C. The molecule has 0 spiro atoms. The van der Waals surface area contributed by atoms with Gasteiger partial charge in [0.05, 0.1) is 5.52 Å². The quantitative estimate of drug-likeness (QED) is 0.633. The normalized spacial score (nSPS) is 11.2. The molecule has 0 fully saturated rings. The average molecular weight is 288 g/mol. The molecule has 2 rings (SSSR count). The van der Waals surface area contributed by atoms with Crippen molar-refractivity contribution in [3.8, 4) is 0 Å². The lowest BCUT2D eigenvalue weighted by molar-refractivity contribution is 0.0698. The molecule has 0 aliphatic rings. The maximum Gasteiger partial charge on any atom is 0.275 e. The highest BCUT2D eigenvalue weighted by Crippen LogP contribution is 2.21. The van der Waals surface area contributed by atoms with Crippen molar-refractivity contribution in [1.82, 2.24) is 15.1 Å². The summed E-state index contributed by atoms with van der Waals surface area (Å²) in [6.07, 6.45) is 3.29. The molecule has 0 saturated heterocycles. The number of fused-ring (bicyclic) bond motifs is 1. The Hall–Kier alpha value is -2.04. The van der Waals surface area contributed by atoms with Crippen LogP contribution < -0.4 is 5.73 Å². The molecule has 0 radical (unpaired) electrons. The van der Waals surface area contributed by atoms with Crippen LogP contribution in [0.1, 0.15) is 50.5 Å². The highest BCUT2D eigenvalue weighted by molar-refractivity contribution is 6.05. The van der Waals surface area contributed by atoms with Crippen LogP contribution in [0, 0.1) is 0 Å². The van der Waals surface area contributed by atoms with E-state index >= 15 is 0 Å². The van der Waals surface area contributed by atoms with E-state index in [4.69, 9.17) is 5.73 Å². The highest BCUT2D eigenvalue weighted by atomic mass is 16.2. The van der Waals surface area contributed by atoms with Gasteiger partial charge in [0, 0.05) is 23.7 Å². The first-order valence-electron chi connectivity index (χ1n) is 7.59. The van der Waals surface area contributed by atoms with Crippen LogP contribution in [0.5, 0.6) is 0 Å². The minimum Gasteiger partial charge on any atom is -0.399 e. The van der Waals surface area contributed by atoms with Crippen molar-refractivity contribution in [2.75, 3.05) is 12.3 Å².